The van der Waals surface area contributed by atoms with E-state index in [0.717, 1.165) is 33.4 Å². The van der Waals surface area contributed by atoms with Gasteiger partial charge in [-0.2, -0.15) is 0 Å². The predicted molar refractivity (Wildman–Crippen MR) is 98.8 cm³/mol. The zero-order valence-electron chi connectivity index (χ0n) is 13.8. The van der Waals surface area contributed by atoms with Crippen molar-refractivity contribution in [2.24, 2.45) is 0 Å². The van der Waals surface area contributed by atoms with E-state index in [0.29, 0.717) is 5.92 Å². The van der Waals surface area contributed by atoms with Gasteiger partial charge in [0.2, 0.25) is 0 Å². The number of aromatic amines is 1. The molecule has 118 valence electrons. The molecule has 24 heavy (non-hydrogen) atoms. The van der Waals surface area contributed by atoms with Gasteiger partial charge in [0.1, 0.15) is 0 Å². The summed E-state index contributed by atoms with van der Waals surface area (Å²) in [6, 6.07) is 19.1. The fraction of sp³-hybridized carbons (Fsp3) is 0.143. The quantitative estimate of drug-likeness (QED) is 0.549. The molecule has 0 spiro atoms. The van der Waals surface area contributed by atoms with Crippen molar-refractivity contribution in [3.8, 4) is 22.4 Å². The Bertz CT molecular complexity index is 999. The number of H-pyrrole nitrogens is 1. The summed E-state index contributed by atoms with van der Waals surface area (Å²) in [6.45, 7) is 4.43. The largest absolute Gasteiger partial charge is 0.345 e. The molecule has 0 unspecified atom stereocenters. The van der Waals surface area contributed by atoms with Crippen molar-refractivity contribution in [1.82, 2.24) is 15.0 Å². The van der Waals surface area contributed by atoms with Crippen LogP contribution in [-0.2, 0) is 0 Å². The van der Waals surface area contributed by atoms with Crippen molar-refractivity contribution in [3.05, 3.63) is 72.7 Å². The van der Waals surface area contributed by atoms with Gasteiger partial charge in [0.05, 0.1) is 23.1 Å². The number of benzene rings is 2. The number of aromatic nitrogens is 3. The third kappa shape index (κ3) is 2.58. The van der Waals surface area contributed by atoms with Crippen LogP contribution in [0.2, 0.25) is 0 Å². The molecule has 0 bridgehead atoms. The van der Waals surface area contributed by atoms with Gasteiger partial charge in [-0.05, 0) is 41.3 Å². The first-order valence-corrected chi connectivity index (χ1v) is 8.21. The monoisotopic (exact) mass is 313 g/mol. The third-order valence-corrected chi connectivity index (χ3v) is 4.37. The van der Waals surface area contributed by atoms with E-state index in [1.54, 1.807) is 6.33 Å². The normalized spacial score (nSPS) is 11.3. The molecule has 0 amide bonds. The second-order valence-corrected chi connectivity index (χ2v) is 6.31. The highest BCUT2D eigenvalue weighted by Gasteiger charge is 2.11. The standard InChI is InChI=1S/C21H19N3/c1-14(2)15-5-3-6-17(11-15)21-18(7-4-10-22-21)16-8-9-19-20(12-16)24-13-23-19/h3-14H,1-2H3,(H,23,24). The van der Waals surface area contributed by atoms with Gasteiger partial charge in [0.15, 0.2) is 0 Å². The molecule has 1 N–H and O–H groups in total. The van der Waals surface area contributed by atoms with Crippen LogP contribution in [0.4, 0.5) is 0 Å². The molecule has 3 heteroatoms. The van der Waals surface area contributed by atoms with Gasteiger partial charge in [-0.15, -0.1) is 0 Å². The maximum absolute atomic E-state index is 4.67. The van der Waals surface area contributed by atoms with Crippen LogP contribution in [-0.4, -0.2) is 15.0 Å². The summed E-state index contributed by atoms with van der Waals surface area (Å²) in [4.78, 5) is 12.1. The Morgan fingerprint density at radius 3 is 2.67 bits per heavy atom. The number of rotatable bonds is 3. The molecule has 2 aromatic heterocycles. The molecule has 0 radical (unpaired) electrons. The first-order chi connectivity index (χ1) is 11.7. The Morgan fingerprint density at radius 2 is 1.79 bits per heavy atom. The first-order valence-electron chi connectivity index (χ1n) is 8.21. The summed E-state index contributed by atoms with van der Waals surface area (Å²) in [5, 5.41) is 0. The summed E-state index contributed by atoms with van der Waals surface area (Å²) in [5.74, 6) is 0.499. The predicted octanol–water partition coefficient (Wildman–Crippen LogP) is 5.42. The minimum absolute atomic E-state index is 0.499. The number of imidazole rings is 1. The lowest BCUT2D eigenvalue weighted by Crippen LogP contribution is -1.92. The van der Waals surface area contributed by atoms with Crippen molar-refractivity contribution in [3.63, 3.8) is 0 Å². The summed E-state index contributed by atoms with van der Waals surface area (Å²) in [5.41, 5.74) is 7.79. The Hall–Kier alpha value is -2.94. The van der Waals surface area contributed by atoms with Crippen LogP contribution in [0.15, 0.2) is 67.1 Å². The number of hydrogen-bond acceptors (Lipinski definition) is 2. The summed E-state index contributed by atoms with van der Waals surface area (Å²) in [6.07, 6.45) is 3.58. The van der Waals surface area contributed by atoms with Crippen LogP contribution in [0, 0.1) is 0 Å². The molecule has 0 aliphatic heterocycles. The van der Waals surface area contributed by atoms with E-state index in [-0.39, 0.29) is 0 Å². The minimum Gasteiger partial charge on any atom is -0.345 e. The summed E-state index contributed by atoms with van der Waals surface area (Å²) < 4.78 is 0. The Labute approximate surface area is 141 Å². The average Bonchev–Trinajstić information content (AvgIpc) is 3.09. The second-order valence-electron chi connectivity index (χ2n) is 6.31. The van der Waals surface area contributed by atoms with Crippen LogP contribution in [0.3, 0.4) is 0 Å². The SMILES string of the molecule is CC(C)c1cccc(-c2ncccc2-c2ccc3nc[nH]c3c2)c1. The highest BCUT2D eigenvalue weighted by atomic mass is 14.9. The molecule has 4 aromatic rings. The molecule has 0 fully saturated rings. The molecular weight excluding hydrogens is 294 g/mol. The number of fused-ring (bicyclic) bond motifs is 1. The van der Waals surface area contributed by atoms with Crippen molar-refractivity contribution in [1.29, 1.82) is 0 Å². The van der Waals surface area contributed by atoms with Gasteiger partial charge in [-0.3, -0.25) is 4.98 Å². The van der Waals surface area contributed by atoms with Crippen molar-refractivity contribution < 1.29 is 0 Å². The lowest BCUT2D eigenvalue weighted by atomic mass is 9.95. The fourth-order valence-corrected chi connectivity index (χ4v) is 3.02. The molecule has 2 heterocycles. The van der Waals surface area contributed by atoms with Crippen molar-refractivity contribution in [2.75, 3.05) is 0 Å². The molecular formula is C21H19N3. The molecule has 4 rings (SSSR count). The first kappa shape index (κ1) is 14.6. The maximum Gasteiger partial charge on any atom is 0.0931 e. The van der Waals surface area contributed by atoms with E-state index < -0.39 is 0 Å². The summed E-state index contributed by atoms with van der Waals surface area (Å²) >= 11 is 0. The van der Waals surface area contributed by atoms with E-state index in [1.165, 1.54) is 5.56 Å². The highest BCUT2D eigenvalue weighted by molar-refractivity contribution is 5.86. The van der Waals surface area contributed by atoms with Crippen LogP contribution >= 0.6 is 0 Å². The van der Waals surface area contributed by atoms with Crippen LogP contribution in [0.5, 0.6) is 0 Å². The minimum atomic E-state index is 0.499. The molecule has 0 saturated carbocycles. The summed E-state index contributed by atoms with van der Waals surface area (Å²) in [7, 11) is 0. The average molecular weight is 313 g/mol. The number of pyridine rings is 1. The van der Waals surface area contributed by atoms with Crippen LogP contribution in [0.1, 0.15) is 25.3 Å². The third-order valence-electron chi connectivity index (χ3n) is 4.37. The molecule has 3 nitrogen and oxygen atoms in total. The Balaban J connectivity index is 1.87. The lowest BCUT2D eigenvalue weighted by molar-refractivity contribution is 0.867. The van der Waals surface area contributed by atoms with Gasteiger partial charge in [-0.25, -0.2) is 4.98 Å². The molecule has 0 saturated heterocycles. The zero-order valence-corrected chi connectivity index (χ0v) is 13.8. The van der Waals surface area contributed by atoms with E-state index in [1.807, 2.05) is 18.3 Å². The van der Waals surface area contributed by atoms with Crippen LogP contribution < -0.4 is 0 Å². The van der Waals surface area contributed by atoms with E-state index in [9.17, 15) is 0 Å². The fourth-order valence-electron chi connectivity index (χ4n) is 3.02. The smallest absolute Gasteiger partial charge is 0.0931 e. The maximum atomic E-state index is 4.67. The van der Waals surface area contributed by atoms with Crippen molar-refractivity contribution in [2.45, 2.75) is 19.8 Å². The van der Waals surface area contributed by atoms with E-state index in [2.05, 4.69) is 71.3 Å². The second kappa shape index (κ2) is 5.93. The number of hydrogen-bond donors (Lipinski definition) is 1. The van der Waals surface area contributed by atoms with E-state index >= 15 is 0 Å². The van der Waals surface area contributed by atoms with Gasteiger partial charge in [0.25, 0.3) is 0 Å². The molecule has 0 aliphatic rings. The Kier molecular flexibility index (Phi) is 3.62. The Morgan fingerprint density at radius 1 is 0.875 bits per heavy atom. The molecule has 0 atom stereocenters. The zero-order chi connectivity index (χ0) is 16.5. The van der Waals surface area contributed by atoms with Gasteiger partial charge in [-0.1, -0.05) is 44.2 Å². The number of nitrogens with zero attached hydrogens (tertiary/aromatic N) is 2. The van der Waals surface area contributed by atoms with Gasteiger partial charge >= 0.3 is 0 Å². The highest BCUT2D eigenvalue weighted by Crippen LogP contribution is 2.32. The van der Waals surface area contributed by atoms with E-state index in [4.69, 9.17) is 0 Å². The lowest BCUT2D eigenvalue weighted by Gasteiger charge is -2.12. The van der Waals surface area contributed by atoms with Crippen LogP contribution in [0.25, 0.3) is 33.4 Å². The van der Waals surface area contributed by atoms with Gasteiger partial charge in [0, 0.05) is 17.3 Å². The topological polar surface area (TPSA) is 41.6 Å². The van der Waals surface area contributed by atoms with Gasteiger partial charge < -0.3 is 4.98 Å². The van der Waals surface area contributed by atoms with Crippen molar-refractivity contribution >= 4 is 11.0 Å². The molecule has 0 aliphatic carbocycles. The number of nitrogens with one attached hydrogen (secondary N) is 1. The molecule has 2 aromatic carbocycles.